The molecule has 0 bridgehead atoms. The first-order valence-corrected chi connectivity index (χ1v) is 8.71. The van der Waals surface area contributed by atoms with Crippen LogP contribution in [0.4, 0.5) is 0 Å². The molecule has 2 rings (SSSR count). The number of cyclic esters (lactones) is 2. The maximum absolute atomic E-state index is 12.4. The molecule has 0 saturated carbocycles. The second kappa shape index (κ2) is 10.1. The van der Waals surface area contributed by atoms with E-state index in [9.17, 15) is 9.59 Å². The zero-order valence-electron chi connectivity index (χ0n) is 15.4. The van der Waals surface area contributed by atoms with Crippen LogP contribution in [0.15, 0.2) is 42.5 Å². The SMILES string of the molecule is CO[C@H]1COC(=O)[C@H](C)COC(=O)[C@@H](OCc2ccccc2)C=C[C@@H]1C. The Kier molecular flexibility index (Phi) is 7.81. The Labute approximate surface area is 154 Å². The Hall–Kier alpha value is -2.18. The van der Waals surface area contributed by atoms with Gasteiger partial charge in [-0.1, -0.05) is 43.3 Å². The molecule has 1 aromatic carbocycles. The average molecular weight is 362 g/mol. The van der Waals surface area contributed by atoms with Crippen molar-refractivity contribution in [2.45, 2.75) is 32.7 Å². The van der Waals surface area contributed by atoms with Gasteiger partial charge < -0.3 is 18.9 Å². The number of methoxy groups -OCH3 is 1. The Morgan fingerprint density at radius 2 is 1.69 bits per heavy atom. The molecule has 0 aromatic heterocycles. The van der Waals surface area contributed by atoms with Gasteiger partial charge in [0.05, 0.1) is 18.6 Å². The fourth-order valence-corrected chi connectivity index (χ4v) is 2.46. The molecule has 4 atom stereocenters. The minimum atomic E-state index is -0.849. The fourth-order valence-electron chi connectivity index (χ4n) is 2.46. The van der Waals surface area contributed by atoms with E-state index in [-0.39, 0.29) is 31.8 Å². The van der Waals surface area contributed by atoms with Gasteiger partial charge >= 0.3 is 11.9 Å². The van der Waals surface area contributed by atoms with Gasteiger partial charge in [-0.3, -0.25) is 4.79 Å². The van der Waals surface area contributed by atoms with Gasteiger partial charge in [0.25, 0.3) is 0 Å². The molecule has 0 radical (unpaired) electrons. The van der Waals surface area contributed by atoms with Crippen molar-refractivity contribution in [2.75, 3.05) is 20.3 Å². The van der Waals surface area contributed by atoms with Gasteiger partial charge in [0, 0.05) is 13.0 Å². The van der Waals surface area contributed by atoms with Gasteiger partial charge in [-0.2, -0.15) is 0 Å². The number of rotatable bonds is 4. The summed E-state index contributed by atoms with van der Waals surface area (Å²) in [5.41, 5.74) is 0.958. The molecule has 6 nitrogen and oxygen atoms in total. The lowest BCUT2D eigenvalue weighted by Crippen LogP contribution is -2.33. The molecular weight excluding hydrogens is 336 g/mol. The number of benzene rings is 1. The monoisotopic (exact) mass is 362 g/mol. The molecule has 1 aliphatic rings. The van der Waals surface area contributed by atoms with Gasteiger partial charge in [-0.15, -0.1) is 0 Å². The molecule has 0 aliphatic carbocycles. The molecule has 142 valence electrons. The summed E-state index contributed by atoms with van der Waals surface area (Å²) < 4.78 is 21.6. The number of esters is 2. The van der Waals surface area contributed by atoms with Crippen LogP contribution in [0, 0.1) is 11.8 Å². The first-order chi connectivity index (χ1) is 12.5. The normalized spacial score (nSPS) is 27.8. The van der Waals surface area contributed by atoms with Gasteiger partial charge in [0.15, 0.2) is 6.10 Å². The highest BCUT2D eigenvalue weighted by Crippen LogP contribution is 2.15. The molecule has 0 unspecified atom stereocenters. The van der Waals surface area contributed by atoms with Crippen LogP contribution in [0.5, 0.6) is 0 Å². The summed E-state index contributed by atoms with van der Waals surface area (Å²) in [5, 5.41) is 0. The average Bonchev–Trinajstić information content (AvgIpc) is 2.66. The van der Waals surface area contributed by atoms with Gasteiger partial charge in [0.1, 0.15) is 13.2 Å². The van der Waals surface area contributed by atoms with Crippen molar-refractivity contribution < 1.29 is 28.5 Å². The molecule has 0 fully saturated rings. The second-order valence-corrected chi connectivity index (χ2v) is 6.40. The molecule has 6 heteroatoms. The van der Waals surface area contributed by atoms with E-state index in [0.717, 1.165) is 5.56 Å². The van der Waals surface area contributed by atoms with E-state index < -0.39 is 24.0 Å². The maximum atomic E-state index is 12.4. The minimum Gasteiger partial charge on any atom is -0.463 e. The molecule has 0 saturated heterocycles. The van der Waals surface area contributed by atoms with Gasteiger partial charge in [0.2, 0.25) is 0 Å². The molecule has 1 aromatic rings. The number of hydrogen-bond donors (Lipinski definition) is 0. The summed E-state index contributed by atoms with van der Waals surface area (Å²) in [4.78, 5) is 24.4. The molecule has 0 amide bonds. The van der Waals surface area contributed by atoms with E-state index in [1.54, 1.807) is 20.1 Å². The first-order valence-electron chi connectivity index (χ1n) is 8.71. The number of carbonyl (C=O) groups is 2. The van der Waals surface area contributed by atoms with Crippen molar-refractivity contribution in [3.05, 3.63) is 48.0 Å². The molecule has 0 N–H and O–H groups in total. The Balaban J connectivity index is 2.12. The van der Waals surface area contributed by atoms with Crippen molar-refractivity contribution in [1.29, 1.82) is 0 Å². The van der Waals surface area contributed by atoms with Crippen LogP contribution in [0.1, 0.15) is 19.4 Å². The quantitative estimate of drug-likeness (QED) is 0.605. The summed E-state index contributed by atoms with van der Waals surface area (Å²) in [7, 11) is 1.57. The summed E-state index contributed by atoms with van der Waals surface area (Å²) >= 11 is 0. The smallest absolute Gasteiger partial charge is 0.339 e. The summed E-state index contributed by atoms with van der Waals surface area (Å²) in [6.45, 7) is 3.96. The highest BCUT2D eigenvalue weighted by atomic mass is 16.6. The molecular formula is C20H26O6. The van der Waals surface area contributed by atoms with Crippen molar-refractivity contribution in [2.24, 2.45) is 11.8 Å². The maximum Gasteiger partial charge on any atom is 0.339 e. The Morgan fingerprint density at radius 3 is 2.38 bits per heavy atom. The Morgan fingerprint density at radius 1 is 1.00 bits per heavy atom. The number of hydrogen-bond acceptors (Lipinski definition) is 6. The van der Waals surface area contributed by atoms with Gasteiger partial charge in [-0.25, -0.2) is 4.79 Å². The fraction of sp³-hybridized carbons (Fsp3) is 0.500. The summed E-state index contributed by atoms with van der Waals surface area (Å²) in [6, 6.07) is 9.58. The van der Waals surface area contributed by atoms with E-state index >= 15 is 0 Å². The van der Waals surface area contributed by atoms with E-state index in [2.05, 4.69) is 0 Å². The van der Waals surface area contributed by atoms with Gasteiger partial charge in [-0.05, 0) is 18.6 Å². The Bertz CT molecular complexity index is 612. The van der Waals surface area contributed by atoms with Crippen LogP contribution < -0.4 is 0 Å². The van der Waals surface area contributed by atoms with Crippen LogP contribution in [0.3, 0.4) is 0 Å². The van der Waals surface area contributed by atoms with Crippen molar-refractivity contribution in [3.63, 3.8) is 0 Å². The van der Waals surface area contributed by atoms with Crippen LogP contribution in [0.25, 0.3) is 0 Å². The number of carbonyl (C=O) groups excluding carboxylic acids is 2. The molecule has 1 aliphatic heterocycles. The molecule has 1 heterocycles. The predicted octanol–water partition coefficient (Wildman–Crippen LogP) is 2.52. The zero-order valence-corrected chi connectivity index (χ0v) is 15.4. The highest BCUT2D eigenvalue weighted by Gasteiger charge is 2.25. The van der Waals surface area contributed by atoms with E-state index in [1.165, 1.54) is 0 Å². The lowest BCUT2D eigenvalue weighted by molar-refractivity contribution is -0.162. The second-order valence-electron chi connectivity index (χ2n) is 6.40. The van der Waals surface area contributed by atoms with Crippen molar-refractivity contribution in [3.8, 4) is 0 Å². The molecule has 0 spiro atoms. The summed E-state index contributed by atoms with van der Waals surface area (Å²) in [5.74, 6) is -1.57. The van der Waals surface area contributed by atoms with Crippen LogP contribution in [-0.4, -0.2) is 44.5 Å². The third-order valence-electron chi connectivity index (χ3n) is 4.25. The van der Waals surface area contributed by atoms with E-state index in [1.807, 2.05) is 43.3 Å². The molecule has 26 heavy (non-hydrogen) atoms. The first kappa shape index (κ1) is 20.1. The minimum absolute atomic E-state index is 0.0517. The van der Waals surface area contributed by atoms with Crippen molar-refractivity contribution in [1.82, 2.24) is 0 Å². The van der Waals surface area contributed by atoms with E-state index in [0.29, 0.717) is 0 Å². The third kappa shape index (κ3) is 5.97. The van der Waals surface area contributed by atoms with Crippen molar-refractivity contribution >= 4 is 11.9 Å². The summed E-state index contributed by atoms with van der Waals surface area (Å²) in [6.07, 6.45) is 2.35. The lowest BCUT2D eigenvalue weighted by atomic mass is 10.0. The third-order valence-corrected chi connectivity index (χ3v) is 4.25. The van der Waals surface area contributed by atoms with Crippen LogP contribution in [0.2, 0.25) is 0 Å². The van der Waals surface area contributed by atoms with Crippen LogP contribution in [-0.2, 0) is 35.1 Å². The van der Waals surface area contributed by atoms with E-state index in [4.69, 9.17) is 18.9 Å². The number of ether oxygens (including phenoxy) is 4. The topological polar surface area (TPSA) is 71.1 Å². The largest absolute Gasteiger partial charge is 0.463 e. The zero-order chi connectivity index (χ0) is 18.9. The van der Waals surface area contributed by atoms with Crippen LogP contribution >= 0.6 is 0 Å². The predicted molar refractivity (Wildman–Crippen MR) is 95.2 cm³/mol. The lowest BCUT2D eigenvalue weighted by Gasteiger charge is -2.23. The highest BCUT2D eigenvalue weighted by molar-refractivity contribution is 5.78. The standard InChI is InChI=1S/C20H26O6/c1-14-9-10-17(24-12-16-7-5-4-6-8-16)20(22)25-11-15(2)19(21)26-13-18(14)23-3/h4-10,14-15,17-18H,11-13H2,1-3H3/t14-,15+,17-,18-/m0/s1.